The van der Waals surface area contributed by atoms with Gasteiger partial charge in [0, 0.05) is 56.3 Å². The van der Waals surface area contributed by atoms with Crippen molar-refractivity contribution in [1.29, 1.82) is 0 Å². The van der Waals surface area contributed by atoms with E-state index in [1.807, 2.05) is 4.90 Å². The van der Waals surface area contributed by atoms with Gasteiger partial charge in [0.2, 0.25) is 11.8 Å². The first kappa shape index (κ1) is 25.7. The number of amides is 2. The van der Waals surface area contributed by atoms with E-state index >= 15 is 0 Å². The molecule has 36 heavy (non-hydrogen) atoms. The molecule has 0 aromatic heterocycles. The van der Waals surface area contributed by atoms with Crippen molar-refractivity contribution < 1.29 is 24.3 Å². The number of ketones is 1. The Hall–Kier alpha value is -1.92. The SMILES string of the molecule is C[C@@]12CC[C@@H]3[C@@](CC[C@H]4[C@@]3(C)CCC[C@@]4(C)C(=O)N3CCN(C(=O)CCCC(=O)O)CC3)(CC1=O)C2. The van der Waals surface area contributed by atoms with Crippen molar-refractivity contribution in [2.24, 2.45) is 33.5 Å². The molecule has 0 radical (unpaired) electrons. The summed E-state index contributed by atoms with van der Waals surface area (Å²) in [5.74, 6) is 0.746. The minimum Gasteiger partial charge on any atom is -0.481 e. The molecule has 4 saturated carbocycles. The Labute approximate surface area is 215 Å². The summed E-state index contributed by atoms with van der Waals surface area (Å²) in [6.07, 6.45) is 9.85. The lowest BCUT2D eigenvalue weighted by Crippen LogP contribution is -2.62. The van der Waals surface area contributed by atoms with Crippen LogP contribution in [0.1, 0.15) is 97.8 Å². The normalized spacial score (nSPS) is 42.0. The van der Waals surface area contributed by atoms with Gasteiger partial charge in [-0.2, -0.15) is 0 Å². The Kier molecular flexibility index (Phi) is 6.31. The number of fused-ring (bicyclic) bond motifs is 3. The second-order valence-corrected chi connectivity index (χ2v) is 13.6. The molecule has 0 aromatic rings. The molecule has 6 atom stereocenters. The quantitative estimate of drug-likeness (QED) is 0.608. The van der Waals surface area contributed by atoms with Gasteiger partial charge in [-0.15, -0.1) is 0 Å². The molecule has 7 heteroatoms. The Morgan fingerprint density at radius 1 is 0.889 bits per heavy atom. The van der Waals surface area contributed by atoms with E-state index in [-0.39, 0.29) is 46.3 Å². The minimum absolute atomic E-state index is 0.00668. The van der Waals surface area contributed by atoms with E-state index in [1.165, 1.54) is 0 Å². The topological polar surface area (TPSA) is 95.0 Å². The molecule has 1 saturated heterocycles. The zero-order chi connectivity index (χ0) is 25.9. The largest absolute Gasteiger partial charge is 0.481 e. The van der Waals surface area contributed by atoms with Crippen LogP contribution < -0.4 is 0 Å². The minimum atomic E-state index is -0.874. The molecule has 7 nitrogen and oxygen atoms in total. The highest BCUT2D eigenvalue weighted by molar-refractivity contribution is 5.88. The highest BCUT2D eigenvalue weighted by Crippen LogP contribution is 2.73. The predicted octanol–water partition coefficient (Wildman–Crippen LogP) is 4.28. The fraction of sp³-hybridized carbons (Fsp3) is 0.862. The Bertz CT molecular complexity index is 957. The van der Waals surface area contributed by atoms with Crippen molar-refractivity contribution in [2.45, 2.75) is 97.8 Å². The number of carboxylic acid groups (broad SMARTS) is 1. The van der Waals surface area contributed by atoms with E-state index in [4.69, 9.17) is 5.11 Å². The summed E-state index contributed by atoms with van der Waals surface area (Å²) in [5.41, 5.74) is -0.234. The van der Waals surface area contributed by atoms with Gasteiger partial charge in [-0.1, -0.05) is 27.2 Å². The highest BCUT2D eigenvalue weighted by atomic mass is 16.4. The van der Waals surface area contributed by atoms with Gasteiger partial charge in [0.25, 0.3) is 0 Å². The van der Waals surface area contributed by atoms with E-state index in [2.05, 4.69) is 20.8 Å². The standard InChI is InChI=1S/C29H44N2O5/c1-26-12-8-21-27(2)10-5-11-28(3,20(27)9-13-29(21,19-26)18-22(26)32)25(36)31-16-14-30(15-17-31)23(33)6-4-7-24(34)35/h20-21H,4-19H2,1-3H3,(H,34,35)/t20-,21-,26-,27+,28+,29-/m0/s1. The number of carbonyl (C=O) groups excluding carboxylic acids is 3. The molecular weight excluding hydrogens is 456 g/mol. The molecule has 1 spiro atoms. The van der Waals surface area contributed by atoms with E-state index in [0.29, 0.717) is 50.2 Å². The number of Topliss-reactive ketones (excluding diaryl/α,β-unsaturated/α-hetero) is 1. The van der Waals surface area contributed by atoms with E-state index in [0.717, 1.165) is 57.8 Å². The van der Waals surface area contributed by atoms with Gasteiger partial charge in [0.05, 0.1) is 0 Å². The second-order valence-electron chi connectivity index (χ2n) is 13.6. The summed E-state index contributed by atoms with van der Waals surface area (Å²) < 4.78 is 0. The monoisotopic (exact) mass is 500 g/mol. The summed E-state index contributed by atoms with van der Waals surface area (Å²) in [5, 5.41) is 8.81. The number of rotatable bonds is 5. The Morgan fingerprint density at radius 2 is 1.56 bits per heavy atom. The predicted molar refractivity (Wildman–Crippen MR) is 135 cm³/mol. The van der Waals surface area contributed by atoms with Crippen LogP contribution in [0.15, 0.2) is 0 Å². The third-order valence-corrected chi connectivity index (χ3v) is 11.5. The van der Waals surface area contributed by atoms with Crippen molar-refractivity contribution in [2.75, 3.05) is 26.2 Å². The Balaban J connectivity index is 1.27. The van der Waals surface area contributed by atoms with Crippen molar-refractivity contribution in [3.8, 4) is 0 Å². The average Bonchev–Trinajstić information content (AvgIpc) is 3.01. The summed E-state index contributed by atoms with van der Waals surface area (Å²) in [6.45, 7) is 9.04. The molecule has 0 unspecified atom stereocenters. The average molecular weight is 501 g/mol. The molecule has 1 N–H and O–H groups in total. The van der Waals surface area contributed by atoms with E-state index in [9.17, 15) is 19.2 Å². The fourth-order valence-corrected chi connectivity index (χ4v) is 9.83. The number of carboxylic acids is 1. The lowest BCUT2D eigenvalue weighted by Gasteiger charge is -2.64. The number of carbonyl (C=O) groups is 4. The summed E-state index contributed by atoms with van der Waals surface area (Å²) in [4.78, 5) is 54.1. The van der Waals surface area contributed by atoms with Crippen molar-refractivity contribution >= 4 is 23.6 Å². The summed E-state index contributed by atoms with van der Waals surface area (Å²) >= 11 is 0. The van der Waals surface area contributed by atoms with Gasteiger partial charge >= 0.3 is 5.97 Å². The molecule has 5 aliphatic rings. The molecule has 2 bridgehead atoms. The van der Waals surface area contributed by atoms with Crippen LogP contribution in [0.4, 0.5) is 0 Å². The maximum Gasteiger partial charge on any atom is 0.303 e. The van der Waals surface area contributed by atoms with E-state index in [1.54, 1.807) is 4.90 Å². The number of piperazine rings is 1. The van der Waals surface area contributed by atoms with Gasteiger partial charge < -0.3 is 14.9 Å². The van der Waals surface area contributed by atoms with Gasteiger partial charge in [-0.25, -0.2) is 0 Å². The van der Waals surface area contributed by atoms with Crippen LogP contribution in [0.5, 0.6) is 0 Å². The smallest absolute Gasteiger partial charge is 0.303 e. The van der Waals surface area contributed by atoms with Gasteiger partial charge in [0.15, 0.2) is 0 Å². The van der Waals surface area contributed by atoms with Crippen LogP contribution in [-0.4, -0.2) is 64.7 Å². The van der Waals surface area contributed by atoms with Crippen LogP contribution in [-0.2, 0) is 19.2 Å². The molecule has 4 aliphatic carbocycles. The first-order chi connectivity index (χ1) is 16.9. The molecule has 0 aromatic carbocycles. The molecule has 2 amide bonds. The Morgan fingerprint density at radius 3 is 2.25 bits per heavy atom. The van der Waals surface area contributed by atoms with Crippen LogP contribution in [0.25, 0.3) is 0 Å². The highest BCUT2D eigenvalue weighted by Gasteiger charge is 2.68. The van der Waals surface area contributed by atoms with Crippen LogP contribution in [0.2, 0.25) is 0 Å². The zero-order valence-corrected chi connectivity index (χ0v) is 22.4. The van der Waals surface area contributed by atoms with Crippen LogP contribution in [0, 0.1) is 33.5 Å². The number of nitrogens with zero attached hydrogens (tertiary/aromatic N) is 2. The maximum absolute atomic E-state index is 14.1. The molecule has 200 valence electrons. The maximum atomic E-state index is 14.1. The van der Waals surface area contributed by atoms with Crippen molar-refractivity contribution in [3.63, 3.8) is 0 Å². The fourth-order valence-electron chi connectivity index (χ4n) is 9.83. The van der Waals surface area contributed by atoms with E-state index < -0.39 is 5.97 Å². The first-order valence-corrected chi connectivity index (χ1v) is 14.3. The first-order valence-electron chi connectivity index (χ1n) is 14.3. The lowest BCUT2D eigenvalue weighted by molar-refractivity contribution is -0.179. The molecule has 5 fully saturated rings. The molecule has 5 rings (SSSR count). The van der Waals surface area contributed by atoms with Gasteiger partial charge in [-0.05, 0) is 74.0 Å². The summed E-state index contributed by atoms with van der Waals surface area (Å²) in [6, 6.07) is 0. The lowest BCUT2D eigenvalue weighted by atomic mass is 9.40. The third kappa shape index (κ3) is 3.91. The zero-order valence-electron chi connectivity index (χ0n) is 22.4. The van der Waals surface area contributed by atoms with Crippen molar-refractivity contribution in [1.82, 2.24) is 9.80 Å². The summed E-state index contributed by atoms with van der Waals surface area (Å²) in [7, 11) is 0. The van der Waals surface area contributed by atoms with Crippen LogP contribution in [0.3, 0.4) is 0 Å². The van der Waals surface area contributed by atoms with Crippen LogP contribution >= 0.6 is 0 Å². The molecular formula is C29H44N2O5. The third-order valence-electron chi connectivity index (χ3n) is 11.5. The number of hydrogen-bond donors (Lipinski definition) is 1. The number of hydrogen-bond acceptors (Lipinski definition) is 4. The van der Waals surface area contributed by atoms with Crippen molar-refractivity contribution in [3.05, 3.63) is 0 Å². The second kappa shape index (κ2) is 8.83. The molecule has 1 heterocycles. The van der Waals surface area contributed by atoms with Gasteiger partial charge in [-0.3, -0.25) is 19.2 Å². The number of aliphatic carboxylic acids is 1. The molecule has 1 aliphatic heterocycles. The van der Waals surface area contributed by atoms with Gasteiger partial charge in [0.1, 0.15) is 5.78 Å².